The van der Waals surface area contributed by atoms with Crippen molar-refractivity contribution in [1.29, 1.82) is 0 Å². The minimum absolute atomic E-state index is 0.121. The van der Waals surface area contributed by atoms with Gasteiger partial charge in [-0.1, -0.05) is 44.2 Å². The molecule has 21 heavy (non-hydrogen) atoms. The third-order valence-electron chi connectivity index (χ3n) is 4.62. The zero-order valence-electron chi connectivity index (χ0n) is 13.1. The number of benzene rings is 1. The van der Waals surface area contributed by atoms with Gasteiger partial charge in [0.15, 0.2) is 0 Å². The zero-order chi connectivity index (χ0) is 15.2. The lowest BCUT2D eigenvalue weighted by Crippen LogP contribution is -2.43. The van der Waals surface area contributed by atoms with Crippen LogP contribution in [-0.2, 0) is 4.79 Å². The van der Waals surface area contributed by atoms with Crippen LogP contribution in [0.25, 0.3) is 0 Å². The van der Waals surface area contributed by atoms with E-state index in [2.05, 4.69) is 24.2 Å². The Morgan fingerprint density at radius 3 is 2.57 bits per heavy atom. The topological polar surface area (TPSA) is 58.4 Å². The summed E-state index contributed by atoms with van der Waals surface area (Å²) >= 11 is 0. The molecule has 3 N–H and O–H groups in total. The lowest BCUT2D eigenvalue weighted by atomic mass is 9.89. The highest BCUT2D eigenvalue weighted by Gasteiger charge is 2.29. The van der Waals surface area contributed by atoms with Crippen LogP contribution in [0.5, 0.6) is 0 Å². The highest BCUT2D eigenvalue weighted by Crippen LogP contribution is 2.29. The van der Waals surface area contributed by atoms with Crippen LogP contribution in [0.4, 0.5) is 0 Å². The van der Waals surface area contributed by atoms with E-state index < -0.39 is 0 Å². The fraction of sp³-hybridized carbons (Fsp3) is 0.588. The summed E-state index contributed by atoms with van der Waals surface area (Å²) in [5.41, 5.74) is 3.35. The number of amides is 1. The molecule has 1 amide bonds. The van der Waals surface area contributed by atoms with Crippen molar-refractivity contribution in [3.8, 4) is 0 Å². The molecular weight excluding hydrogens is 262 g/mol. The zero-order valence-corrected chi connectivity index (χ0v) is 13.1. The van der Waals surface area contributed by atoms with Gasteiger partial charge in [0, 0.05) is 0 Å². The van der Waals surface area contributed by atoms with Gasteiger partial charge in [-0.15, -0.1) is 0 Å². The van der Waals surface area contributed by atoms with Gasteiger partial charge in [0.05, 0.1) is 0 Å². The van der Waals surface area contributed by atoms with Crippen molar-refractivity contribution >= 4 is 5.91 Å². The van der Waals surface area contributed by atoms with E-state index in [9.17, 15) is 4.79 Å². The second-order valence-electron chi connectivity index (χ2n) is 6.29. The molecule has 1 aliphatic heterocycles. The third kappa shape index (κ3) is 4.05. The van der Waals surface area contributed by atoms with E-state index in [0.29, 0.717) is 5.92 Å². The molecule has 0 aliphatic carbocycles. The van der Waals surface area contributed by atoms with Crippen molar-refractivity contribution in [1.82, 2.24) is 10.3 Å². The maximum Gasteiger partial charge on any atom is 0.255 e. The summed E-state index contributed by atoms with van der Waals surface area (Å²) in [5, 5.41) is 0. The predicted molar refractivity (Wildman–Crippen MR) is 85.3 cm³/mol. The molecule has 0 aromatic heterocycles. The summed E-state index contributed by atoms with van der Waals surface area (Å²) in [6.07, 6.45) is 3.54. The van der Waals surface area contributed by atoms with Crippen LogP contribution in [-0.4, -0.2) is 23.9 Å². The molecule has 2 unspecified atom stereocenters. The van der Waals surface area contributed by atoms with E-state index in [1.54, 1.807) is 0 Å². The van der Waals surface area contributed by atoms with Crippen LogP contribution in [0.1, 0.15) is 44.7 Å². The fourth-order valence-corrected chi connectivity index (χ4v) is 3.31. The maximum atomic E-state index is 12.3. The van der Waals surface area contributed by atoms with E-state index in [1.807, 2.05) is 30.3 Å². The molecule has 4 nitrogen and oxygen atoms in total. The summed E-state index contributed by atoms with van der Waals surface area (Å²) in [6, 6.07) is 9.65. The Morgan fingerprint density at radius 1 is 1.24 bits per heavy atom. The number of nitrogens with zero attached hydrogens (tertiary/aromatic N) is 1. The molecule has 2 atom stereocenters. The van der Waals surface area contributed by atoms with Crippen molar-refractivity contribution in [3.63, 3.8) is 0 Å². The summed E-state index contributed by atoms with van der Waals surface area (Å²) < 4.78 is 0. The van der Waals surface area contributed by atoms with Crippen molar-refractivity contribution in [3.05, 3.63) is 35.9 Å². The molecule has 0 spiro atoms. The van der Waals surface area contributed by atoms with Gasteiger partial charge >= 0.3 is 0 Å². The number of carbonyl (C=O) groups is 1. The Balaban J connectivity index is 2.16. The monoisotopic (exact) mass is 289 g/mol. The first-order valence-electron chi connectivity index (χ1n) is 7.93. The first-order chi connectivity index (χ1) is 10.1. The molecular formula is C17H27N3O. The summed E-state index contributed by atoms with van der Waals surface area (Å²) in [7, 11) is 0. The first kappa shape index (κ1) is 16.0. The number of nitrogens with two attached hydrogens (primary N) is 1. The van der Waals surface area contributed by atoms with E-state index in [1.165, 1.54) is 6.42 Å². The SMILES string of the molecule is CC(C)C1CCCN(C(C(=O)NN)c2ccccc2)CC1. The van der Waals surface area contributed by atoms with Gasteiger partial charge in [-0.3, -0.25) is 15.1 Å². The number of carbonyl (C=O) groups excluding carboxylic acids is 1. The standard InChI is InChI=1S/C17H27N3O/c1-13(2)14-9-6-11-20(12-10-14)16(17(21)19-18)15-7-4-3-5-8-15/h3-5,7-8,13-14,16H,6,9-12,18H2,1-2H3,(H,19,21). The first-order valence-corrected chi connectivity index (χ1v) is 7.93. The molecule has 4 heteroatoms. The van der Waals surface area contributed by atoms with Crippen molar-refractivity contribution < 1.29 is 4.79 Å². The van der Waals surface area contributed by atoms with Crippen LogP contribution >= 0.6 is 0 Å². The third-order valence-corrected chi connectivity index (χ3v) is 4.62. The van der Waals surface area contributed by atoms with E-state index >= 15 is 0 Å². The second kappa shape index (κ2) is 7.57. The molecule has 1 heterocycles. The van der Waals surface area contributed by atoms with Crippen LogP contribution in [0.15, 0.2) is 30.3 Å². The van der Waals surface area contributed by atoms with Crippen LogP contribution in [0.2, 0.25) is 0 Å². The summed E-state index contributed by atoms with van der Waals surface area (Å²) in [4.78, 5) is 14.5. The number of nitrogens with one attached hydrogen (secondary N) is 1. The summed E-state index contributed by atoms with van der Waals surface area (Å²) in [5.74, 6) is 6.75. The molecule has 116 valence electrons. The minimum atomic E-state index is -0.276. The molecule has 1 fully saturated rings. The largest absolute Gasteiger partial charge is 0.293 e. The number of hydrogen-bond acceptors (Lipinski definition) is 3. The Labute approximate surface area is 127 Å². The van der Waals surface area contributed by atoms with E-state index in [4.69, 9.17) is 5.84 Å². The van der Waals surface area contributed by atoms with Gasteiger partial charge < -0.3 is 0 Å². The van der Waals surface area contributed by atoms with Gasteiger partial charge in [-0.05, 0) is 49.8 Å². The van der Waals surface area contributed by atoms with Crippen molar-refractivity contribution in [2.24, 2.45) is 17.7 Å². The fourth-order valence-electron chi connectivity index (χ4n) is 3.31. The van der Waals surface area contributed by atoms with Gasteiger partial charge in [-0.25, -0.2) is 5.84 Å². The molecule has 0 radical (unpaired) electrons. The Morgan fingerprint density at radius 2 is 1.95 bits per heavy atom. The summed E-state index contributed by atoms with van der Waals surface area (Å²) in [6.45, 7) is 6.50. The van der Waals surface area contributed by atoms with Crippen molar-refractivity contribution in [2.75, 3.05) is 13.1 Å². The highest BCUT2D eigenvalue weighted by molar-refractivity contribution is 5.82. The quantitative estimate of drug-likeness (QED) is 0.508. The van der Waals surface area contributed by atoms with Crippen LogP contribution < -0.4 is 11.3 Å². The molecule has 1 aromatic carbocycles. The average molecular weight is 289 g/mol. The van der Waals surface area contributed by atoms with Crippen molar-refractivity contribution in [2.45, 2.75) is 39.2 Å². The molecule has 0 bridgehead atoms. The number of hydrogen-bond donors (Lipinski definition) is 2. The van der Waals surface area contributed by atoms with Gasteiger partial charge in [0.2, 0.25) is 0 Å². The van der Waals surface area contributed by atoms with Crippen LogP contribution in [0.3, 0.4) is 0 Å². The van der Waals surface area contributed by atoms with E-state index in [-0.39, 0.29) is 11.9 Å². The Hall–Kier alpha value is -1.39. The molecule has 1 aromatic rings. The predicted octanol–water partition coefficient (Wildman–Crippen LogP) is 2.48. The maximum absolute atomic E-state index is 12.3. The van der Waals surface area contributed by atoms with Gasteiger partial charge in [-0.2, -0.15) is 0 Å². The minimum Gasteiger partial charge on any atom is -0.293 e. The Kier molecular flexibility index (Phi) is 5.76. The molecule has 1 saturated heterocycles. The molecule has 0 saturated carbocycles. The second-order valence-corrected chi connectivity index (χ2v) is 6.29. The molecule has 1 aliphatic rings. The lowest BCUT2D eigenvalue weighted by molar-refractivity contribution is -0.126. The molecule has 2 rings (SSSR count). The smallest absolute Gasteiger partial charge is 0.255 e. The number of hydrazine groups is 1. The normalized spacial score (nSPS) is 21.8. The highest BCUT2D eigenvalue weighted by atomic mass is 16.2. The van der Waals surface area contributed by atoms with Crippen LogP contribution in [0, 0.1) is 11.8 Å². The number of likely N-dealkylation sites (tertiary alicyclic amines) is 1. The van der Waals surface area contributed by atoms with Gasteiger partial charge in [0.25, 0.3) is 5.91 Å². The lowest BCUT2D eigenvalue weighted by Gasteiger charge is -2.29. The van der Waals surface area contributed by atoms with E-state index in [0.717, 1.165) is 37.4 Å². The van der Waals surface area contributed by atoms with Gasteiger partial charge in [0.1, 0.15) is 6.04 Å². The average Bonchev–Trinajstić information content (AvgIpc) is 2.74. The Bertz CT molecular complexity index is 447. The number of rotatable bonds is 4.